The van der Waals surface area contributed by atoms with E-state index in [1.54, 1.807) is 0 Å². The van der Waals surface area contributed by atoms with Gasteiger partial charge in [-0.15, -0.1) is 12.4 Å². The molecule has 5 heteroatoms. The summed E-state index contributed by atoms with van der Waals surface area (Å²) < 4.78 is 5.40. The largest absolute Gasteiger partial charge is 0.381 e. The van der Waals surface area contributed by atoms with Crippen LogP contribution in [0.2, 0.25) is 0 Å². The van der Waals surface area contributed by atoms with Crippen molar-refractivity contribution in [3.63, 3.8) is 0 Å². The standard InChI is InChI=1S/C12H22N2O2.ClH/c1-10(8-13)11(15)14-5-2-12(9-14)3-6-16-7-4-12;/h10H,2-9,13H2,1H3;1H. The highest BCUT2D eigenvalue weighted by Crippen LogP contribution is 2.39. The fourth-order valence-electron chi connectivity index (χ4n) is 2.75. The van der Waals surface area contributed by atoms with Crippen molar-refractivity contribution in [3.05, 3.63) is 0 Å². The average Bonchev–Trinajstić information content (AvgIpc) is 2.72. The predicted octanol–water partition coefficient (Wildman–Crippen LogP) is 1.03. The van der Waals surface area contributed by atoms with Crippen LogP contribution in [0.3, 0.4) is 0 Å². The van der Waals surface area contributed by atoms with Crippen molar-refractivity contribution in [2.75, 3.05) is 32.8 Å². The lowest BCUT2D eigenvalue weighted by Gasteiger charge is -2.33. The minimum Gasteiger partial charge on any atom is -0.381 e. The number of nitrogens with two attached hydrogens (primary N) is 1. The molecular formula is C12H23ClN2O2. The van der Waals surface area contributed by atoms with Crippen LogP contribution in [0.1, 0.15) is 26.2 Å². The van der Waals surface area contributed by atoms with Crippen LogP contribution in [-0.4, -0.2) is 43.7 Å². The molecule has 1 atom stereocenters. The van der Waals surface area contributed by atoms with Gasteiger partial charge in [0.05, 0.1) is 0 Å². The summed E-state index contributed by atoms with van der Waals surface area (Å²) in [7, 11) is 0. The number of hydrogen-bond donors (Lipinski definition) is 1. The fraction of sp³-hybridized carbons (Fsp3) is 0.917. The van der Waals surface area contributed by atoms with Gasteiger partial charge in [0.1, 0.15) is 0 Å². The third-order valence-electron chi connectivity index (χ3n) is 4.08. The smallest absolute Gasteiger partial charge is 0.226 e. The maximum atomic E-state index is 12.0. The number of carbonyl (C=O) groups is 1. The van der Waals surface area contributed by atoms with Crippen LogP contribution in [-0.2, 0) is 9.53 Å². The number of ether oxygens (including phenoxy) is 1. The number of likely N-dealkylation sites (tertiary alicyclic amines) is 1. The summed E-state index contributed by atoms with van der Waals surface area (Å²) >= 11 is 0. The summed E-state index contributed by atoms with van der Waals surface area (Å²) in [6, 6.07) is 0. The van der Waals surface area contributed by atoms with Crippen molar-refractivity contribution in [1.82, 2.24) is 4.90 Å². The highest BCUT2D eigenvalue weighted by atomic mass is 35.5. The zero-order valence-corrected chi connectivity index (χ0v) is 11.3. The molecule has 2 heterocycles. The summed E-state index contributed by atoms with van der Waals surface area (Å²) in [6.07, 6.45) is 3.35. The lowest BCUT2D eigenvalue weighted by Crippen LogP contribution is -2.39. The summed E-state index contributed by atoms with van der Waals surface area (Å²) in [6.45, 7) is 5.90. The van der Waals surface area contributed by atoms with Gasteiger partial charge in [0.2, 0.25) is 5.91 Å². The molecule has 2 rings (SSSR count). The fourth-order valence-corrected chi connectivity index (χ4v) is 2.75. The average molecular weight is 263 g/mol. The van der Waals surface area contributed by atoms with Crippen LogP contribution >= 0.6 is 12.4 Å². The van der Waals surface area contributed by atoms with E-state index in [9.17, 15) is 4.79 Å². The Labute approximate surface area is 109 Å². The number of nitrogens with zero attached hydrogens (tertiary/aromatic N) is 1. The van der Waals surface area contributed by atoms with Gasteiger partial charge < -0.3 is 15.4 Å². The van der Waals surface area contributed by atoms with Gasteiger partial charge in [-0.05, 0) is 24.7 Å². The quantitative estimate of drug-likeness (QED) is 0.809. The topological polar surface area (TPSA) is 55.6 Å². The molecule has 0 bridgehead atoms. The molecule has 1 amide bonds. The van der Waals surface area contributed by atoms with E-state index in [-0.39, 0.29) is 24.2 Å². The number of carbonyl (C=O) groups excluding carboxylic acids is 1. The Morgan fingerprint density at radius 2 is 2.06 bits per heavy atom. The van der Waals surface area contributed by atoms with Crippen LogP contribution in [0, 0.1) is 11.3 Å². The van der Waals surface area contributed by atoms with Gasteiger partial charge in [0.25, 0.3) is 0 Å². The zero-order valence-electron chi connectivity index (χ0n) is 10.5. The molecule has 0 aromatic carbocycles. The van der Waals surface area contributed by atoms with Crippen LogP contribution < -0.4 is 5.73 Å². The number of rotatable bonds is 2. The molecule has 1 spiro atoms. The lowest BCUT2D eigenvalue weighted by atomic mass is 9.80. The molecule has 1 unspecified atom stereocenters. The van der Waals surface area contributed by atoms with Gasteiger partial charge in [-0.3, -0.25) is 4.79 Å². The normalized spacial score (nSPS) is 24.5. The zero-order chi connectivity index (χ0) is 11.6. The van der Waals surface area contributed by atoms with Crippen molar-refractivity contribution in [3.8, 4) is 0 Å². The molecule has 0 aromatic heterocycles. The molecule has 2 N–H and O–H groups in total. The first-order valence-electron chi connectivity index (χ1n) is 6.23. The van der Waals surface area contributed by atoms with Crippen LogP contribution in [0.5, 0.6) is 0 Å². The number of amides is 1. The van der Waals surface area contributed by atoms with Gasteiger partial charge in [-0.2, -0.15) is 0 Å². The van der Waals surface area contributed by atoms with Crippen molar-refractivity contribution >= 4 is 18.3 Å². The SMILES string of the molecule is CC(CN)C(=O)N1CCC2(CCOCC2)C1.Cl. The van der Waals surface area contributed by atoms with Crippen LogP contribution in [0.15, 0.2) is 0 Å². The molecule has 0 radical (unpaired) electrons. The molecule has 2 aliphatic rings. The van der Waals surface area contributed by atoms with E-state index in [4.69, 9.17) is 10.5 Å². The Morgan fingerprint density at radius 3 is 2.65 bits per heavy atom. The summed E-state index contributed by atoms with van der Waals surface area (Å²) in [5.74, 6) is 0.195. The monoisotopic (exact) mass is 262 g/mol. The highest BCUT2D eigenvalue weighted by Gasteiger charge is 2.41. The molecule has 0 aliphatic carbocycles. The Kier molecular flexibility index (Phi) is 5.22. The first kappa shape index (κ1) is 14.7. The second-order valence-corrected chi connectivity index (χ2v) is 5.26. The molecule has 0 aromatic rings. The number of halogens is 1. The van der Waals surface area contributed by atoms with Crippen molar-refractivity contribution < 1.29 is 9.53 Å². The van der Waals surface area contributed by atoms with E-state index in [2.05, 4.69) is 0 Å². The Hall–Kier alpha value is -0.320. The molecule has 0 saturated carbocycles. The van der Waals surface area contributed by atoms with Crippen LogP contribution in [0.25, 0.3) is 0 Å². The summed E-state index contributed by atoms with van der Waals surface area (Å²) in [4.78, 5) is 14.0. The van der Waals surface area contributed by atoms with Gasteiger partial charge in [-0.1, -0.05) is 6.92 Å². The molecule has 100 valence electrons. The first-order chi connectivity index (χ1) is 7.67. The molecule has 2 saturated heterocycles. The van der Waals surface area contributed by atoms with Crippen LogP contribution in [0.4, 0.5) is 0 Å². The Balaban J connectivity index is 0.00000144. The Morgan fingerprint density at radius 1 is 1.41 bits per heavy atom. The van der Waals surface area contributed by atoms with E-state index in [1.807, 2.05) is 11.8 Å². The highest BCUT2D eigenvalue weighted by molar-refractivity contribution is 5.85. The van der Waals surface area contributed by atoms with E-state index >= 15 is 0 Å². The summed E-state index contributed by atoms with van der Waals surface area (Å²) in [5.41, 5.74) is 5.89. The number of hydrogen-bond acceptors (Lipinski definition) is 3. The van der Waals surface area contributed by atoms with E-state index in [0.29, 0.717) is 12.0 Å². The maximum absolute atomic E-state index is 12.0. The minimum atomic E-state index is -0.0324. The Bertz CT molecular complexity index is 267. The van der Waals surface area contributed by atoms with E-state index in [0.717, 1.165) is 45.6 Å². The van der Waals surface area contributed by atoms with Gasteiger partial charge in [0.15, 0.2) is 0 Å². The second-order valence-electron chi connectivity index (χ2n) is 5.26. The van der Waals surface area contributed by atoms with E-state index < -0.39 is 0 Å². The van der Waals surface area contributed by atoms with Gasteiger partial charge in [-0.25, -0.2) is 0 Å². The molecule has 2 aliphatic heterocycles. The first-order valence-corrected chi connectivity index (χ1v) is 6.23. The third kappa shape index (κ3) is 3.12. The minimum absolute atomic E-state index is 0. The van der Waals surface area contributed by atoms with Gasteiger partial charge >= 0.3 is 0 Å². The van der Waals surface area contributed by atoms with E-state index in [1.165, 1.54) is 0 Å². The molecule has 4 nitrogen and oxygen atoms in total. The maximum Gasteiger partial charge on any atom is 0.226 e. The third-order valence-corrected chi connectivity index (χ3v) is 4.08. The van der Waals surface area contributed by atoms with Crippen molar-refractivity contribution in [2.45, 2.75) is 26.2 Å². The van der Waals surface area contributed by atoms with Crippen molar-refractivity contribution in [1.29, 1.82) is 0 Å². The van der Waals surface area contributed by atoms with Crippen molar-refractivity contribution in [2.24, 2.45) is 17.1 Å². The van der Waals surface area contributed by atoms with Gasteiger partial charge in [0, 0.05) is 38.8 Å². The predicted molar refractivity (Wildman–Crippen MR) is 69.1 cm³/mol. The second kappa shape index (κ2) is 6.03. The summed E-state index contributed by atoms with van der Waals surface area (Å²) in [5, 5.41) is 0. The molecular weight excluding hydrogens is 240 g/mol. The molecule has 17 heavy (non-hydrogen) atoms. The molecule has 2 fully saturated rings. The lowest BCUT2D eigenvalue weighted by molar-refractivity contribution is -0.134.